The number of anilines is 1. The van der Waals surface area contributed by atoms with Crippen LogP contribution < -0.4 is 10.1 Å². The summed E-state index contributed by atoms with van der Waals surface area (Å²) in [6, 6.07) is 9.09. The minimum Gasteiger partial charge on any atom is -0.496 e. The van der Waals surface area contributed by atoms with Gasteiger partial charge < -0.3 is 10.1 Å². The Morgan fingerprint density at radius 3 is 2.19 bits per heavy atom. The lowest BCUT2D eigenvalue weighted by atomic mass is 10.2. The fourth-order valence-electron chi connectivity index (χ4n) is 1.81. The average molecular weight is 478 g/mol. The molecule has 0 fully saturated rings. The molecule has 0 heterocycles. The van der Waals surface area contributed by atoms with Crippen molar-refractivity contribution < 1.29 is 9.53 Å². The number of aryl methyl sites for hydroxylation is 1. The van der Waals surface area contributed by atoms with Gasteiger partial charge in [0, 0.05) is 14.5 Å². The fourth-order valence-corrected chi connectivity index (χ4v) is 3.97. The van der Waals surface area contributed by atoms with Crippen LogP contribution in [0.4, 0.5) is 5.69 Å². The van der Waals surface area contributed by atoms with Crippen LogP contribution >= 0.6 is 47.8 Å². The highest BCUT2D eigenvalue weighted by atomic mass is 79.9. The maximum Gasteiger partial charge on any atom is 0.255 e. The molecule has 0 saturated carbocycles. The van der Waals surface area contributed by atoms with Gasteiger partial charge in [-0.3, -0.25) is 4.79 Å². The van der Waals surface area contributed by atoms with Gasteiger partial charge in [0.15, 0.2) is 0 Å². The summed E-state index contributed by atoms with van der Waals surface area (Å²) in [5.74, 6) is 0.493. The van der Waals surface area contributed by atoms with Crippen LogP contribution in [0.25, 0.3) is 0 Å². The number of halogens is 3. The molecular weight excluding hydrogens is 466 g/mol. The topological polar surface area (TPSA) is 38.3 Å². The number of amides is 1. The molecule has 0 bridgehead atoms. The number of methoxy groups -OCH3 is 1. The molecule has 0 aliphatic rings. The summed E-state index contributed by atoms with van der Waals surface area (Å²) < 4.78 is 7.55. The van der Waals surface area contributed by atoms with Crippen molar-refractivity contribution in [3.05, 3.63) is 54.9 Å². The van der Waals surface area contributed by atoms with E-state index in [1.54, 1.807) is 25.3 Å². The first kappa shape index (κ1) is 16.5. The minimum atomic E-state index is -0.191. The lowest BCUT2D eigenvalue weighted by Gasteiger charge is -2.11. The fraction of sp³-hybridized carbons (Fsp3) is 0.133. The van der Waals surface area contributed by atoms with E-state index in [-0.39, 0.29) is 5.91 Å². The third-order valence-corrected chi connectivity index (χ3v) is 4.71. The number of nitrogens with one attached hydrogen (secondary N) is 1. The third kappa shape index (κ3) is 3.87. The lowest BCUT2D eigenvalue weighted by molar-refractivity contribution is 0.102. The Hall–Kier alpha value is -0.850. The number of rotatable bonds is 3. The zero-order valence-corrected chi connectivity index (χ0v) is 16.1. The summed E-state index contributed by atoms with van der Waals surface area (Å²) in [7, 11) is 1.58. The van der Waals surface area contributed by atoms with E-state index in [4.69, 9.17) is 4.74 Å². The van der Waals surface area contributed by atoms with Crippen LogP contribution in [0.3, 0.4) is 0 Å². The van der Waals surface area contributed by atoms with Gasteiger partial charge in [-0.15, -0.1) is 0 Å². The molecule has 0 spiro atoms. The Morgan fingerprint density at radius 2 is 1.67 bits per heavy atom. The SMILES string of the molecule is COc1ccc(C(=O)Nc2c(Br)cc(C)cc2Br)cc1Br. The minimum absolute atomic E-state index is 0.191. The summed E-state index contributed by atoms with van der Waals surface area (Å²) >= 11 is 10.3. The van der Waals surface area contributed by atoms with E-state index in [1.165, 1.54) is 0 Å². The molecule has 1 N–H and O–H groups in total. The molecule has 2 aromatic carbocycles. The molecule has 2 aromatic rings. The highest BCUT2D eigenvalue weighted by molar-refractivity contribution is 9.11. The van der Waals surface area contributed by atoms with Gasteiger partial charge in [0.05, 0.1) is 17.3 Å². The number of carbonyl (C=O) groups excluding carboxylic acids is 1. The summed E-state index contributed by atoms with van der Waals surface area (Å²) in [4.78, 5) is 12.3. The van der Waals surface area contributed by atoms with E-state index in [2.05, 4.69) is 53.1 Å². The van der Waals surface area contributed by atoms with Crippen LogP contribution in [0.1, 0.15) is 15.9 Å². The third-order valence-electron chi connectivity index (χ3n) is 2.84. The number of benzene rings is 2. The van der Waals surface area contributed by atoms with Crippen molar-refractivity contribution in [2.75, 3.05) is 12.4 Å². The van der Waals surface area contributed by atoms with Crippen LogP contribution in [0.5, 0.6) is 5.75 Å². The van der Waals surface area contributed by atoms with E-state index in [1.807, 2.05) is 19.1 Å². The van der Waals surface area contributed by atoms with Gasteiger partial charge in [-0.2, -0.15) is 0 Å². The molecule has 6 heteroatoms. The van der Waals surface area contributed by atoms with Crippen LogP contribution in [0.2, 0.25) is 0 Å². The molecule has 0 saturated heterocycles. The molecule has 0 atom stereocenters. The first-order chi connectivity index (χ1) is 9.92. The second kappa shape index (κ2) is 6.94. The van der Waals surface area contributed by atoms with Gasteiger partial charge in [-0.1, -0.05) is 0 Å². The van der Waals surface area contributed by atoms with E-state index in [9.17, 15) is 4.79 Å². The molecule has 0 radical (unpaired) electrons. The monoisotopic (exact) mass is 475 g/mol. The Morgan fingerprint density at radius 1 is 1.05 bits per heavy atom. The zero-order valence-electron chi connectivity index (χ0n) is 11.3. The Bertz CT molecular complexity index is 678. The molecule has 1 amide bonds. The molecule has 110 valence electrons. The molecule has 3 nitrogen and oxygen atoms in total. The normalized spacial score (nSPS) is 10.3. The van der Waals surface area contributed by atoms with Crippen LogP contribution in [0, 0.1) is 6.92 Å². The predicted octanol–water partition coefficient (Wildman–Crippen LogP) is 5.54. The Balaban J connectivity index is 2.28. The molecule has 2 rings (SSSR count). The van der Waals surface area contributed by atoms with Gasteiger partial charge in [0.25, 0.3) is 5.91 Å². The largest absolute Gasteiger partial charge is 0.496 e. The van der Waals surface area contributed by atoms with Crippen molar-refractivity contribution in [2.45, 2.75) is 6.92 Å². The van der Waals surface area contributed by atoms with E-state index in [0.29, 0.717) is 17.0 Å². The van der Waals surface area contributed by atoms with Crippen LogP contribution in [-0.4, -0.2) is 13.0 Å². The standard InChI is InChI=1S/C15H12Br3NO2/c1-8-5-11(17)14(12(18)6-8)19-15(20)9-3-4-13(21-2)10(16)7-9/h3-7H,1-2H3,(H,19,20). The summed E-state index contributed by atoms with van der Waals surface area (Å²) in [6.45, 7) is 1.99. The number of ether oxygens (including phenoxy) is 1. The predicted molar refractivity (Wildman–Crippen MR) is 95.2 cm³/mol. The van der Waals surface area contributed by atoms with Crippen LogP contribution in [0.15, 0.2) is 43.7 Å². The summed E-state index contributed by atoms with van der Waals surface area (Å²) in [6.07, 6.45) is 0. The van der Waals surface area contributed by atoms with Gasteiger partial charge in [0.1, 0.15) is 5.75 Å². The van der Waals surface area contributed by atoms with Crippen molar-refractivity contribution in [3.63, 3.8) is 0 Å². The van der Waals surface area contributed by atoms with Crippen molar-refractivity contribution in [1.82, 2.24) is 0 Å². The van der Waals surface area contributed by atoms with Crippen molar-refractivity contribution in [2.24, 2.45) is 0 Å². The second-order valence-corrected chi connectivity index (χ2v) is 6.97. The van der Waals surface area contributed by atoms with Gasteiger partial charge in [0.2, 0.25) is 0 Å². The van der Waals surface area contributed by atoms with E-state index in [0.717, 1.165) is 19.0 Å². The quantitative estimate of drug-likeness (QED) is 0.630. The Kier molecular flexibility index (Phi) is 5.46. The number of carbonyl (C=O) groups is 1. The number of hydrogen-bond acceptors (Lipinski definition) is 2. The summed E-state index contributed by atoms with van der Waals surface area (Å²) in [5, 5.41) is 2.89. The maximum atomic E-state index is 12.3. The molecule has 0 unspecified atom stereocenters. The zero-order chi connectivity index (χ0) is 15.6. The van der Waals surface area contributed by atoms with Crippen molar-refractivity contribution in [1.29, 1.82) is 0 Å². The number of hydrogen-bond donors (Lipinski definition) is 1. The molecule has 0 aromatic heterocycles. The van der Waals surface area contributed by atoms with Gasteiger partial charge in [-0.25, -0.2) is 0 Å². The maximum absolute atomic E-state index is 12.3. The average Bonchev–Trinajstić information content (AvgIpc) is 2.42. The first-order valence-electron chi connectivity index (χ1n) is 6.03. The highest BCUT2D eigenvalue weighted by Crippen LogP contribution is 2.33. The van der Waals surface area contributed by atoms with Gasteiger partial charge in [-0.05, 0) is 90.6 Å². The van der Waals surface area contributed by atoms with Gasteiger partial charge >= 0.3 is 0 Å². The first-order valence-corrected chi connectivity index (χ1v) is 8.41. The molecule has 21 heavy (non-hydrogen) atoms. The second-order valence-electron chi connectivity index (χ2n) is 4.41. The lowest BCUT2D eigenvalue weighted by Crippen LogP contribution is -2.13. The van der Waals surface area contributed by atoms with Crippen LogP contribution in [-0.2, 0) is 0 Å². The Labute approximate surface area is 148 Å². The molecule has 0 aliphatic carbocycles. The van der Waals surface area contributed by atoms with Crippen molar-refractivity contribution in [3.8, 4) is 5.75 Å². The van der Waals surface area contributed by atoms with E-state index < -0.39 is 0 Å². The highest BCUT2D eigenvalue weighted by Gasteiger charge is 2.13. The van der Waals surface area contributed by atoms with E-state index >= 15 is 0 Å². The summed E-state index contributed by atoms with van der Waals surface area (Å²) in [5.41, 5.74) is 2.35. The molecule has 0 aliphatic heterocycles. The molecular formula is C15H12Br3NO2. The smallest absolute Gasteiger partial charge is 0.255 e. The van der Waals surface area contributed by atoms with Crippen molar-refractivity contribution >= 4 is 59.4 Å².